The van der Waals surface area contributed by atoms with Crippen molar-refractivity contribution in [2.45, 2.75) is 44.6 Å². The minimum absolute atomic E-state index is 0.0200. The van der Waals surface area contributed by atoms with E-state index in [0.29, 0.717) is 13.1 Å². The number of amides is 1. The Kier molecular flexibility index (Phi) is 5.21. The standard InChI is InChI=1S/C16H22N6O3S/c1-3-4-11(2)15(23)22-8-7-12-5-6-14(9-13(12)10-22)26(24,25)19-16-17-20-21-18-16/h5-6,9,11H,3-4,7-8,10H2,1-2H3,(H2,17,18,19,20,21). The van der Waals surface area contributed by atoms with Gasteiger partial charge in [0.2, 0.25) is 5.91 Å². The van der Waals surface area contributed by atoms with Crippen molar-refractivity contribution in [1.29, 1.82) is 0 Å². The minimum Gasteiger partial charge on any atom is -0.338 e. The van der Waals surface area contributed by atoms with Crippen LogP contribution in [0.4, 0.5) is 5.95 Å². The number of nitrogens with one attached hydrogen (secondary N) is 2. The van der Waals surface area contributed by atoms with Crippen LogP contribution in [-0.4, -0.2) is 46.4 Å². The fourth-order valence-electron chi connectivity index (χ4n) is 3.14. The minimum atomic E-state index is -3.82. The molecule has 2 N–H and O–H groups in total. The maximum absolute atomic E-state index is 12.6. The van der Waals surface area contributed by atoms with Gasteiger partial charge in [0.25, 0.3) is 16.0 Å². The van der Waals surface area contributed by atoms with Crippen molar-refractivity contribution < 1.29 is 13.2 Å². The van der Waals surface area contributed by atoms with E-state index in [-0.39, 0.29) is 22.7 Å². The number of benzene rings is 1. The van der Waals surface area contributed by atoms with Gasteiger partial charge in [-0.2, -0.15) is 5.21 Å². The number of aromatic amines is 1. The number of carbonyl (C=O) groups excluding carboxylic acids is 1. The summed E-state index contributed by atoms with van der Waals surface area (Å²) in [6, 6.07) is 4.97. The Morgan fingerprint density at radius 1 is 1.38 bits per heavy atom. The molecular formula is C16H22N6O3S. The van der Waals surface area contributed by atoms with Gasteiger partial charge in [0, 0.05) is 19.0 Å². The second-order valence-corrected chi connectivity index (χ2v) is 8.15. The average Bonchev–Trinajstić information content (AvgIpc) is 3.12. The van der Waals surface area contributed by atoms with Crippen LogP contribution in [0.25, 0.3) is 0 Å². The van der Waals surface area contributed by atoms with E-state index in [1.807, 2.05) is 11.8 Å². The molecule has 2 heterocycles. The Labute approximate surface area is 152 Å². The molecule has 1 amide bonds. The van der Waals surface area contributed by atoms with Crippen molar-refractivity contribution >= 4 is 21.9 Å². The molecule has 1 aromatic carbocycles. The van der Waals surface area contributed by atoms with E-state index in [0.717, 1.165) is 30.4 Å². The Hall–Kier alpha value is -2.49. The average molecular weight is 378 g/mol. The van der Waals surface area contributed by atoms with Gasteiger partial charge < -0.3 is 4.90 Å². The van der Waals surface area contributed by atoms with Crippen molar-refractivity contribution in [3.8, 4) is 0 Å². The van der Waals surface area contributed by atoms with Gasteiger partial charge in [-0.1, -0.05) is 31.4 Å². The van der Waals surface area contributed by atoms with Gasteiger partial charge >= 0.3 is 0 Å². The van der Waals surface area contributed by atoms with Crippen LogP contribution < -0.4 is 4.72 Å². The number of carbonyl (C=O) groups is 1. The van der Waals surface area contributed by atoms with E-state index >= 15 is 0 Å². The van der Waals surface area contributed by atoms with Crippen molar-refractivity contribution in [3.05, 3.63) is 29.3 Å². The van der Waals surface area contributed by atoms with Gasteiger partial charge in [-0.3, -0.25) is 4.79 Å². The van der Waals surface area contributed by atoms with Gasteiger partial charge in [0.15, 0.2) is 0 Å². The number of hydrogen-bond acceptors (Lipinski definition) is 6. The highest BCUT2D eigenvalue weighted by molar-refractivity contribution is 7.92. The molecule has 2 aromatic rings. The maximum Gasteiger partial charge on any atom is 0.276 e. The lowest BCUT2D eigenvalue weighted by Crippen LogP contribution is -2.39. The molecule has 1 aliphatic heterocycles. The first-order valence-corrected chi connectivity index (χ1v) is 10.1. The Bertz CT molecular complexity index is 881. The summed E-state index contributed by atoms with van der Waals surface area (Å²) in [6.07, 6.45) is 2.53. The van der Waals surface area contributed by atoms with Crippen LogP contribution in [0.5, 0.6) is 0 Å². The number of hydrogen-bond donors (Lipinski definition) is 2. The van der Waals surface area contributed by atoms with Crippen molar-refractivity contribution in [2.24, 2.45) is 5.92 Å². The summed E-state index contributed by atoms with van der Waals surface area (Å²) in [5.74, 6) is -0.0167. The summed E-state index contributed by atoms with van der Waals surface area (Å²) in [5, 5.41) is 12.7. The zero-order valence-corrected chi connectivity index (χ0v) is 15.6. The largest absolute Gasteiger partial charge is 0.338 e. The molecule has 0 fully saturated rings. The third-order valence-electron chi connectivity index (χ3n) is 4.53. The van der Waals surface area contributed by atoms with Gasteiger partial charge in [-0.05, 0) is 41.3 Å². The second-order valence-electron chi connectivity index (χ2n) is 6.47. The van der Waals surface area contributed by atoms with E-state index in [4.69, 9.17) is 0 Å². The Morgan fingerprint density at radius 3 is 2.88 bits per heavy atom. The van der Waals surface area contributed by atoms with E-state index in [1.54, 1.807) is 18.2 Å². The fourth-order valence-corrected chi connectivity index (χ4v) is 4.13. The van der Waals surface area contributed by atoms with Crippen LogP contribution >= 0.6 is 0 Å². The number of tetrazole rings is 1. The smallest absolute Gasteiger partial charge is 0.276 e. The van der Waals surface area contributed by atoms with Crippen LogP contribution in [0, 0.1) is 5.92 Å². The molecule has 10 heteroatoms. The first kappa shape index (κ1) is 18.3. The van der Waals surface area contributed by atoms with Gasteiger partial charge in [0.1, 0.15) is 0 Å². The number of anilines is 1. The first-order chi connectivity index (χ1) is 12.4. The van der Waals surface area contributed by atoms with Crippen LogP contribution in [0.15, 0.2) is 23.1 Å². The molecule has 0 radical (unpaired) electrons. The number of H-pyrrole nitrogens is 1. The highest BCUT2D eigenvalue weighted by Crippen LogP contribution is 2.25. The molecule has 3 rings (SSSR count). The SMILES string of the molecule is CCCC(C)C(=O)N1CCc2ccc(S(=O)(=O)Nc3nn[nH]n3)cc2C1. The molecule has 1 aliphatic rings. The molecule has 1 unspecified atom stereocenters. The summed E-state index contributed by atoms with van der Waals surface area (Å²) < 4.78 is 27.2. The maximum atomic E-state index is 12.6. The third-order valence-corrected chi connectivity index (χ3v) is 5.85. The lowest BCUT2D eigenvalue weighted by molar-refractivity contribution is -0.136. The molecule has 140 valence electrons. The van der Waals surface area contributed by atoms with E-state index < -0.39 is 10.0 Å². The lowest BCUT2D eigenvalue weighted by atomic mass is 9.97. The van der Waals surface area contributed by atoms with E-state index in [2.05, 4.69) is 32.3 Å². The first-order valence-electron chi connectivity index (χ1n) is 8.57. The van der Waals surface area contributed by atoms with Crippen LogP contribution in [-0.2, 0) is 27.8 Å². The zero-order chi connectivity index (χ0) is 18.7. The third kappa shape index (κ3) is 3.85. The number of rotatable bonds is 6. The predicted molar refractivity (Wildman–Crippen MR) is 94.6 cm³/mol. The van der Waals surface area contributed by atoms with Gasteiger partial charge in [-0.25, -0.2) is 13.1 Å². The van der Waals surface area contributed by atoms with Crippen molar-refractivity contribution in [1.82, 2.24) is 25.5 Å². The van der Waals surface area contributed by atoms with Crippen LogP contribution in [0.1, 0.15) is 37.8 Å². The molecule has 26 heavy (non-hydrogen) atoms. The summed E-state index contributed by atoms with van der Waals surface area (Å²) in [6.45, 7) is 5.08. The number of sulfonamides is 1. The fraction of sp³-hybridized carbons (Fsp3) is 0.500. The van der Waals surface area contributed by atoms with Crippen molar-refractivity contribution in [3.63, 3.8) is 0 Å². The molecule has 0 saturated carbocycles. The molecule has 1 atom stereocenters. The van der Waals surface area contributed by atoms with Crippen molar-refractivity contribution in [2.75, 3.05) is 11.3 Å². The topological polar surface area (TPSA) is 121 Å². The molecule has 0 bridgehead atoms. The van der Waals surface area contributed by atoms with Gasteiger partial charge in [0.05, 0.1) is 4.90 Å². The predicted octanol–water partition coefficient (Wildman–Crippen LogP) is 1.32. The van der Waals surface area contributed by atoms with E-state index in [1.165, 1.54) is 0 Å². The molecule has 0 spiro atoms. The highest BCUT2D eigenvalue weighted by Gasteiger charge is 2.26. The Morgan fingerprint density at radius 2 is 2.19 bits per heavy atom. The molecule has 0 aliphatic carbocycles. The molecular weight excluding hydrogens is 356 g/mol. The quantitative estimate of drug-likeness (QED) is 0.782. The molecule has 0 saturated heterocycles. The monoisotopic (exact) mass is 378 g/mol. The zero-order valence-electron chi connectivity index (χ0n) is 14.8. The number of fused-ring (bicyclic) bond motifs is 1. The highest BCUT2D eigenvalue weighted by atomic mass is 32.2. The summed E-state index contributed by atoms with van der Waals surface area (Å²) >= 11 is 0. The summed E-state index contributed by atoms with van der Waals surface area (Å²) in [4.78, 5) is 14.5. The van der Waals surface area contributed by atoms with E-state index in [9.17, 15) is 13.2 Å². The Balaban J connectivity index is 1.80. The van der Waals surface area contributed by atoms with Crippen LogP contribution in [0.2, 0.25) is 0 Å². The summed E-state index contributed by atoms with van der Waals surface area (Å²) in [5.41, 5.74) is 1.92. The van der Waals surface area contributed by atoms with Gasteiger partial charge in [-0.15, -0.1) is 5.10 Å². The molecule has 1 aromatic heterocycles. The number of nitrogens with zero attached hydrogens (tertiary/aromatic N) is 4. The summed E-state index contributed by atoms with van der Waals surface area (Å²) in [7, 11) is -3.82. The lowest BCUT2D eigenvalue weighted by Gasteiger charge is -2.31. The van der Waals surface area contributed by atoms with Crippen LogP contribution in [0.3, 0.4) is 0 Å². The number of aromatic nitrogens is 4. The molecule has 9 nitrogen and oxygen atoms in total. The second kappa shape index (κ2) is 7.40. The normalized spacial score (nSPS) is 15.4.